The Morgan fingerprint density at radius 1 is 1.19 bits per heavy atom. The summed E-state index contributed by atoms with van der Waals surface area (Å²) in [7, 11) is 3.09. The van der Waals surface area contributed by atoms with E-state index < -0.39 is 0 Å². The minimum atomic E-state index is -0.295. The summed E-state index contributed by atoms with van der Waals surface area (Å²) in [4.78, 5) is 23.8. The normalized spacial score (nSPS) is 10.6. The number of rotatable bonds is 8. The Kier molecular flexibility index (Phi) is 6.84. The van der Waals surface area contributed by atoms with Crippen molar-refractivity contribution >= 4 is 23.6 Å². The molecule has 0 unspecified atom stereocenters. The van der Waals surface area contributed by atoms with Crippen molar-refractivity contribution in [2.75, 3.05) is 26.1 Å². The fourth-order valence-corrected chi connectivity index (χ4v) is 2.23. The molecule has 0 saturated carbocycles. The number of benzene rings is 1. The Labute approximate surface area is 152 Å². The molecule has 0 aliphatic carbocycles. The van der Waals surface area contributed by atoms with E-state index in [4.69, 9.17) is 13.9 Å². The number of hydrogen-bond acceptors (Lipinski definition) is 5. The van der Waals surface area contributed by atoms with Crippen molar-refractivity contribution < 1.29 is 23.5 Å². The molecule has 2 N–H and O–H groups in total. The first-order chi connectivity index (χ1) is 12.5. The zero-order chi connectivity index (χ0) is 18.9. The SMILES string of the molecule is COc1cc(C)c(NC(=O)CCNC(=O)/C=C/c2ccco2)cc1OC. The van der Waals surface area contributed by atoms with Crippen molar-refractivity contribution in [2.24, 2.45) is 0 Å². The predicted octanol–water partition coefficient (Wildman–Crippen LogP) is 2.76. The van der Waals surface area contributed by atoms with Gasteiger partial charge in [-0.15, -0.1) is 0 Å². The van der Waals surface area contributed by atoms with Crippen molar-refractivity contribution in [3.05, 3.63) is 47.9 Å². The van der Waals surface area contributed by atoms with Crippen LogP contribution >= 0.6 is 0 Å². The number of ether oxygens (including phenoxy) is 2. The summed E-state index contributed by atoms with van der Waals surface area (Å²) in [5.41, 5.74) is 1.48. The molecule has 7 heteroatoms. The van der Waals surface area contributed by atoms with Crippen LogP contribution in [0.4, 0.5) is 5.69 Å². The van der Waals surface area contributed by atoms with E-state index in [1.54, 1.807) is 37.5 Å². The lowest BCUT2D eigenvalue weighted by molar-refractivity contribution is -0.117. The molecule has 0 radical (unpaired) electrons. The third-order valence-corrected chi connectivity index (χ3v) is 3.60. The highest BCUT2D eigenvalue weighted by Crippen LogP contribution is 2.32. The third-order valence-electron chi connectivity index (χ3n) is 3.60. The van der Waals surface area contributed by atoms with E-state index in [0.29, 0.717) is 22.9 Å². The Morgan fingerprint density at radius 3 is 2.58 bits per heavy atom. The summed E-state index contributed by atoms with van der Waals surface area (Å²) < 4.78 is 15.5. The number of hydrogen-bond donors (Lipinski definition) is 2. The minimum absolute atomic E-state index is 0.147. The topological polar surface area (TPSA) is 89.8 Å². The van der Waals surface area contributed by atoms with Crippen LogP contribution in [0.3, 0.4) is 0 Å². The molecule has 0 bridgehead atoms. The van der Waals surface area contributed by atoms with Gasteiger partial charge in [-0.05, 0) is 36.8 Å². The molecule has 0 atom stereocenters. The van der Waals surface area contributed by atoms with Gasteiger partial charge in [-0.2, -0.15) is 0 Å². The van der Waals surface area contributed by atoms with Gasteiger partial charge in [0.1, 0.15) is 5.76 Å². The molecular weight excluding hydrogens is 336 g/mol. The second-order valence-corrected chi connectivity index (χ2v) is 5.46. The highest BCUT2D eigenvalue weighted by molar-refractivity contribution is 5.94. The molecule has 138 valence electrons. The molecule has 0 saturated heterocycles. The number of carbonyl (C=O) groups is 2. The molecule has 1 aromatic carbocycles. The Hall–Kier alpha value is -3.22. The molecule has 1 heterocycles. The lowest BCUT2D eigenvalue weighted by Gasteiger charge is -2.13. The first kappa shape index (κ1) is 19.1. The second-order valence-electron chi connectivity index (χ2n) is 5.46. The fraction of sp³-hybridized carbons (Fsp3) is 0.263. The molecule has 2 aromatic rings. The standard InChI is InChI=1S/C19H22N2O5/c1-13-11-16(24-2)17(25-3)12-15(13)21-19(23)8-9-20-18(22)7-6-14-5-4-10-26-14/h4-7,10-12H,8-9H2,1-3H3,(H,20,22)(H,21,23)/b7-6+. The van der Waals surface area contributed by atoms with Gasteiger partial charge in [-0.1, -0.05) is 0 Å². The van der Waals surface area contributed by atoms with Crippen LogP contribution in [0.25, 0.3) is 6.08 Å². The number of carbonyl (C=O) groups excluding carboxylic acids is 2. The van der Waals surface area contributed by atoms with Gasteiger partial charge in [0.05, 0.1) is 20.5 Å². The molecule has 0 fully saturated rings. The number of aryl methyl sites for hydroxylation is 1. The van der Waals surface area contributed by atoms with Crippen molar-refractivity contribution in [1.82, 2.24) is 5.32 Å². The van der Waals surface area contributed by atoms with Gasteiger partial charge < -0.3 is 24.5 Å². The van der Waals surface area contributed by atoms with E-state index in [2.05, 4.69) is 10.6 Å². The number of anilines is 1. The van der Waals surface area contributed by atoms with Crippen LogP contribution in [-0.4, -0.2) is 32.6 Å². The Balaban J connectivity index is 1.82. The minimum Gasteiger partial charge on any atom is -0.493 e. The molecular formula is C19H22N2O5. The smallest absolute Gasteiger partial charge is 0.244 e. The van der Waals surface area contributed by atoms with E-state index in [-0.39, 0.29) is 24.8 Å². The molecule has 2 amide bonds. The lowest BCUT2D eigenvalue weighted by Crippen LogP contribution is -2.26. The maximum absolute atomic E-state index is 12.1. The van der Waals surface area contributed by atoms with E-state index in [1.165, 1.54) is 19.4 Å². The third kappa shape index (κ3) is 5.41. The molecule has 1 aromatic heterocycles. The predicted molar refractivity (Wildman–Crippen MR) is 98.3 cm³/mol. The largest absolute Gasteiger partial charge is 0.493 e. The number of nitrogens with one attached hydrogen (secondary N) is 2. The molecule has 0 aliphatic heterocycles. The van der Waals surface area contributed by atoms with Gasteiger partial charge >= 0.3 is 0 Å². The summed E-state index contributed by atoms with van der Waals surface area (Å²) in [5, 5.41) is 5.45. The second kappa shape index (κ2) is 9.31. The molecule has 0 spiro atoms. The Bertz CT molecular complexity index is 781. The fourth-order valence-electron chi connectivity index (χ4n) is 2.23. The van der Waals surface area contributed by atoms with Crippen LogP contribution in [0, 0.1) is 6.92 Å². The quantitative estimate of drug-likeness (QED) is 0.708. The van der Waals surface area contributed by atoms with Gasteiger partial charge in [0.25, 0.3) is 0 Å². The van der Waals surface area contributed by atoms with Crippen LogP contribution in [0.5, 0.6) is 11.5 Å². The van der Waals surface area contributed by atoms with Crippen LogP contribution in [-0.2, 0) is 9.59 Å². The number of amides is 2. The average Bonchev–Trinajstić information content (AvgIpc) is 3.14. The highest BCUT2D eigenvalue weighted by atomic mass is 16.5. The van der Waals surface area contributed by atoms with Gasteiger partial charge in [-0.25, -0.2) is 0 Å². The van der Waals surface area contributed by atoms with Gasteiger partial charge in [0.2, 0.25) is 11.8 Å². The van der Waals surface area contributed by atoms with Crippen LogP contribution in [0.1, 0.15) is 17.7 Å². The molecule has 7 nitrogen and oxygen atoms in total. The first-order valence-electron chi connectivity index (χ1n) is 8.05. The van der Waals surface area contributed by atoms with Gasteiger partial charge in [0, 0.05) is 30.8 Å². The van der Waals surface area contributed by atoms with Gasteiger partial charge in [-0.3, -0.25) is 9.59 Å². The summed E-state index contributed by atoms with van der Waals surface area (Å²) >= 11 is 0. The van der Waals surface area contributed by atoms with E-state index in [9.17, 15) is 9.59 Å². The van der Waals surface area contributed by atoms with Crippen molar-refractivity contribution in [3.8, 4) is 11.5 Å². The van der Waals surface area contributed by atoms with Crippen LogP contribution < -0.4 is 20.1 Å². The van der Waals surface area contributed by atoms with Crippen molar-refractivity contribution in [1.29, 1.82) is 0 Å². The van der Waals surface area contributed by atoms with E-state index in [1.807, 2.05) is 6.92 Å². The van der Waals surface area contributed by atoms with E-state index in [0.717, 1.165) is 5.56 Å². The van der Waals surface area contributed by atoms with Crippen LogP contribution in [0.2, 0.25) is 0 Å². The lowest BCUT2D eigenvalue weighted by atomic mass is 10.1. The molecule has 0 aliphatic rings. The zero-order valence-corrected chi connectivity index (χ0v) is 15.0. The maximum Gasteiger partial charge on any atom is 0.244 e. The maximum atomic E-state index is 12.1. The van der Waals surface area contributed by atoms with Crippen molar-refractivity contribution in [3.63, 3.8) is 0 Å². The zero-order valence-electron chi connectivity index (χ0n) is 15.0. The number of furan rings is 1. The summed E-state index contributed by atoms with van der Waals surface area (Å²) in [6.07, 6.45) is 4.59. The summed E-state index contributed by atoms with van der Waals surface area (Å²) in [5.74, 6) is 1.21. The summed E-state index contributed by atoms with van der Waals surface area (Å²) in [6, 6.07) is 6.97. The van der Waals surface area contributed by atoms with Crippen molar-refractivity contribution in [2.45, 2.75) is 13.3 Å². The molecule has 2 rings (SSSR count). The Morgan fingerprint density at radius 2 is 1.92 bits per heavy atom. The number of methoxy groups -OCH3 is 2. The average molecular weight is 358 g/mol. The van der Waals surface area contributed by atoms with Gasteiger partial charge in [0.15, 0.2) is 11.5 Å². The summed E-state index contributed by atoms with van der Waals surface area (Å²) in [6.45, 7) is 2.08. The monoisotopic (exact) mass is 358 g/mol. The van der Waals surface area contributed by atoms with Crippen LogP contribution in [0.15, 0.2) is 41.0 Å². The highest BCUT2D eigenvalue weighted by Gasteiger charge is 2.11. The first-order valence-corrected chi connectivity index (χ1v) is 8.05. The molecule has 26 heavy (non-hydrogen) atoms. The van der Waals surface area contributed by atoms with E-state index >= 15 is 0 Å².